The van der Waals surface area contributed by atoms with Crippen LogP contribution in [0.5, 0.6) is 0 Å². The minimum Gasteiger partial charge on any atom is -0.378 e. The number of guanidine groups is 1. The van der Waals surface area contributed by atoms with Gasteiger partial charge in [0.15, 0.2) is 5.96 Å². The lowest BCUT2D eigenvalue weighted by atomic mass is 9.98. The Balaban J connectivity index is 1.71. The summed E-state index contributed by atoms with van der Waals surface area (Å²) in [6.07, 6.45) is 9.79. The lowest BCUT2D eigenvalue weighted by Crippen LogP contribution is -2.39. The monoisotopic (exact) mass is 352 g/mol. The van der Waals surface area contributed by atoms with Crippen LogP contribution in [-0.2, 0) is 17.7 Å². The summed E-state index contributed by atoms with van der Waals surface area (Å²) in [4.78, 5) is 10.1. The molecule has 1 saturated carbocycles. The Bertz CT molecular complexity index is 497. The summed E-state index contributed by atoms with van der Waals surface area (Å²) < 4.78 is 5.98. The molecule has 0 saturated heterocycles. The van der Waals surface area contributed by atoms with Crippen molar-refractivity contribution in [2.75, 3.05) is 20.2 Å². The second-order valence-electron chi connectivity index (χ2n) is 6.25. The highest BCUT2D eigenvalue weighted by Crippen LogP contribution is 2.30. The topological polar surface area (TPSA) is 58.5 Å². The molecule has 1 aliphatic carbocycles. The number of nitrogens with one attached hydrogen (secondary N) is 2. The Hall–Kier alpha value is -1.14. The first kappa shape index (κ1) is 19.2. The number of aliphatic imine (C=N–C) groups is 1. The normalized spacial score (nSPS) is 17.2. The first-order chi connectivity index (χ1) is 11.8. The highest BCUT2D eigenvalue weighted by Gasteiger charge is 2.25. The van der Waals surface area contributed by atoms with Gasteiger partial charge in [-0.2, -0.15) is 0 Å². The van der Waals surface area contributed by atoms with Crippen LogP contribution < -0.4 is 10.6 Å². The van der Waals surface area contributed by atoms with Gasteiger partial charge in [0.05, 0.1) is 12.6 Å². The molecule has 0 aliphatic heterocycles. The summed E-state index contributed by atoms with van der Waals surface area (Å²) in [5.74, 6) is 1.58. The van der Waals surface area contributed by atoms with Gasteiger partial charge in [-0.1, -0.05) is 19.8 Å². The number of thiazole rings is 1. The maximum atomic E-state index is 5.98. The van der Waals surface area contributed by atoms with Gasteiger partial charge in [0.25, 0.3) is 0 Å². The number of ether oxygens (including phenoxy) is 1. The summed E-state index contributed by atoms with van der Waals surface area (Å²) in [5.41, 5.74) is 0. The average molecular weight is 353 g/mol. The number of nitrogens with zero attached hydrogens (tertiary/aromatic N) is 2. The van der Waals surface area contributed by atoms with Crippen molar-refractivity contribution in [3.8, 4) is 0 Å². The van der Waals surface area contributed by atoms with Crippen LogP contribution in [0.2, 0.25) is 0 Å². The molecule has 2 rings (SSSR count). The fraction of sp³-hybridized carbons (Fsp3) is 0.778. The minimum atomic E-state index is 0.384. The molecular weight excluding hydrogens is 320 g/mol. The predicted octanol–water partition coefficient (Wildman–Crippen LogP) is 3.36. The maximum Gasteiger partial charge on any atom is 0.191 e. The average Bonchev–Trinajstić information content (AvgIpc) is 3.28. The first-order valence-electron chi connectivity index (χ1n) is 9.26. The van der Waals surface area contributed by atoms with Gasteiger partial charge in [-0.05, 0) is 38.5 Å². The third-order valence-electron chi connectivity index (χ3n) is 4.61. The molecule has 1 unspecified atom stereocenters. The minimum absolute atomic E-state index is 0.384. The van der Waals surface area contributed by atoms with Gasteiger partial charge in [-0.3, -0.25) is 4.99 Å². The van der Waals surface area contributed by atoms with Crippen molar-refractivity contribution in [1.82, 2.24) is 15.6 Å². The molecule has 0 spiro atoms. The molecule has 0 radical (unpaired) electrons. The maximum absolute atomic E-state index is 5.98. The van der Waals surface area contributed by atoms with Crippen molar-refractivity contribution in [3.05, 3.63) is 16.1 Å². The molecule has 1 fully saturated rings. The van der Waals surface area contributed by atoms with E-state index in [0.717, 1.165) is 49.4 Å². The van der Waals surface area contributed by atoms with Crippen molar-refractivity contribution >= 4 is 17.3 Å². The van der Waals surface area contributed by atoms with Gasteiger partial charge in [0.1, 0.15) is 5.01 Å². The Morgan fingerprint density at radius 1 is 1.38 bits per heavy atom. The Kier molecular flexibility index (Phi) is 8.53. The zero-order valence-corrected chi connectivity index (χ0v) is 16.1. The zero-order valence-electron chi connectivity index (χ0n) is 15.3. The lowest BCUT2D eigenvalue weighted by molar-refractivity contribution is 0.0169. The van der Waals surface area contributed by atoms with E-state index >= 15 is 0 Å². The van der Waals surface area contributed by atoms with Gasteiger partial charge in [0, 0.05) is 31.3 Å². The van der Waals surface area contributed by atoms with Crippen LogP contribution in [0.3, 0.4) is 0 Å². The van der Waals surface area contributed by atoms with E-state index < -0.39 is 0 Å². The van der Waals surface area contributed by atoms with Crippen molar-refractivity contribution in [2.45, 2.75) is 65.0 Å². The second kappa shape index (κ2) is 10.7. The number of aryl methyl sites for hydroxylation is 1. The number of hydrogen-bond donors (Lipinski definition) is 2. The Morgan fingerprint density at radius 3 is 2.79 bits per heavy atom. The van der Waals surface area contributed by atoms with E-state index in [1.165, 1.54) is 30.6 Å². The molecule has 1 aromatic rings. The van der Waals surface area contributed by atoms with Crippen LogP contribution in [0.15, 0.2) is 11.2 Å². The molecule has 0 bridgehead atoms. The summed E-state index contributed by atoms with van der Waals surface area (Å²) in [6, 6.07) is 0. The van der Waals surface area contributed by atoms with Crippen LogP contribution in [-0.4, -0.2) is 37.2 Å². The Labute approximate surface area is 150 Å². The van der Waals surface area contributed by atoms with Crippen LogP contribution in [0, 0.1) is 5.92 Å². The smallest absolute Gasteiger partial charge is 0.191 e. The van der Waals surface area contributed by atoms with E-state index in [1.54, 1.807) is 11.3 Å². The molecule has 1 atom stereocenters. The van der Waals surface area contributed by atoms with Gasteiger partial charge < -0.3 is 15.4 Å². The van der Waals surface area contributed by atoms with Gasteiger partial charge in [0.2, 0.25) is 0 Å². The van der Waals surface area contributed by atoms with E-state index in [2.05, 4.69) is 34.5 Å². The molecule has 0 aromatic carbocycles. The lowest BCUT2D eigenvalue weighted by Gasteiger charge is -2.23. The molecule has 1 aliphatic rings. The van der Waals surface area contributed by atoms with Crippen molar-refractivity contribution < 1.29 is 4.74 Å². The van der Waals surface area contributed by atoms with Crippen molar-refractivity contribution in [3.63, 3.8) is 0 Å². The standard InChI is InChI=1S/C18H32N4OS/c1-4-15-12-21-17(24-15)13-22-18(19-3)20-11-10-16(23-5-2)14-8-6-7-9-14/h12,14,16H,4-11,13H2,1-3H3,(H2,19,20,22). The van der Waals surface area contributed by atoms with Crippen LogP contribution in [0.25, 0.3) is 0 Å². The predicted molar refractivity (Wildman–Crippen MR) is 102 cm³/mol. The number of aromatic nitrogens is 1. The summed E-state index contributed by atoms with van der Waals surface area (Å²) in [5, 5.41) is 7.86. The molecule has 2 N–H and O–H groups in total. The fourth-order valence-electron chi connectivity index (χ4n) is 3.30. The van der Waals surface area contributed by atoms with E-state index in [9.17, 15) is 0 Å². The van der Waals surface area contributed by atoms with Gasteiger partial charge >= 0.3 is 0 Å². The molecule has 1 aromatic heterocycles. The molecule has 6 heteroatoms. The van der Waals surface area contributed by atoms with E-state index in [1.807, 2.05) is 13.2 Å². The third-order valence-corrected chi connectivity index (χ3v) is 5.75. The van der Waals surface area contributed by atoms with E-state index in [-0.39, 0.29) is 0 Å². The molecule has 136 valence electrons. The summed E-state index contributed by atoms with van der Waals surface area (Å²) >= 11 is 1.76. The van der Waals surface area contributed by atoms with Gasteiger partial charge in [-0.15, -0.1) is 11.3 Å². The van der Waals surface area contributed by atoms with Crippen LogP contribution in [0.4, 0.5) is 0 Å². The fourth-order valence-corrected chi connectivity index (χ4v) is 4.11. The SMILES string of the molecule is CCOC(CCNC(=NC)NCc1ncc(CC)s1)C1CCCC1. The van der Waals surface area contributed by atoms with Crippen molar-refractivity contribution in [2.24, 2.45) is 10.9 Å². The molecule has 1 heterocycles. The Morgan fingerprint density at radius 2 is 2.17 bits per heavy atom. The molecular formula is C18H32N4OS. The van der Waals surface area contributed by atoms with E-state index in [0.29, 0.717) is 6.10 Å². The highest BCUT2D eigenvalue weighted by molar-refractivity contribution is 7.11. The quantitative estimate of drug-likeness (QED) is 0.528. The van der Waals surface area contributed by atoms with Crippen LogP contribution in [0.1, 0.15) is 55.8 Å². The van der Waals surface area contributed by atoms with Crippen molar-refractivity contribution in [1.29, 1.82) is 0 Å². The number of hydrogen-bond acceptors (Lipinski definition) is 4. The highest BCUT2D eigenvalue weighted by atomic mass is 32.1. The summed E-state index contributed by atoms with van der Waals surface area (Å²) in [6.45, 7) is 6.66. The largest absolute Gasteiger partial charge is 0.378 e. The molecule has 5 nitrogen and oxygen atoms in total. The molecule has 24 heavy (non-hydrogen) atoms. The number of rotatable bonds is 9. The van der Waals surface area contributed by atoms with E-state index in [4.69, 9.17) is 4.74 Å². The molecule has 0 amide bonds. The second-order valence-corrected chi connectivity index (χ2v) is 7.45. The zero-order chi connectivity index (χ0) is 17.2. The first-order valence-corrected chi connectivity index (χ1v) is 10.1. The summed E-state index contributed by atoms with van der Waals surface area (Å²) in [7, 11) is 1.81. The third kappa shape index (κ3) is 6.06. The van der Waals surface area contributed by atoms with Crippen LogP contribution >= 0.6 is 11.3 Å². The van der Waals surface area contributed by atoms with Gasteiger partial charge in [-0.25, -0.2) is 4.98 Å².